The van der Waals surface area contributed by atoms with E-state index in [2.05, 4.69) is 55.0 Å². The highest BCUT2D eigenvalue weighted by molar-refractivity contribution is 5.09. The molecule has 1 rings (SSSR count). The summed E-state index contributed by atoms with van der Waals surface area (Å²) in [6, 6.07) is 0. The third-order valence-corrected chi connectivity index (χ3v) is 2.11. The summed E-state index contributed by atoms with van der Waals surface area (Å²) in [6.45, 7) is 0. The average Bonchev–Trinajstić information content (AvgIpc) is 2.22. The molecule has 0 N–H and O–H groups in total. The Bertz CT molecular complexity index is 228. The Morgan fingerprint density at radius 1 is 0.571 bits per heavy atom. The van der Waals surface area contributed by atoms with E-state index in [-0.39, 0.29) is 0 Å². The van der Waals surface area contributed by atoms with Crippen LogP contribution in [0.5, 0.6) is 0 Å². The molecule has 1 aliphatic rings. The Balaban J connectivity index is 2.35. The molecule has 0 nitrogen and oxygen atoms in total. The summed E-state index contributed by atoms with van der Waals surface area (Å²) >= 11 is 0. The van der Waals surface area contributed by atoms with E-state index in [4.69, 9.17) is 0 Å². The van der Waals surface area contributed by atoms with Gasteiger partial charge in [-0.1, -0.05) is 48.6 Å². The summed E-state index contributed by atoms with van der Waals surface area (Å²) in [4.78, 5) is 0. The Kier molecular flexibility index (Phi) is 6.74. The highest BCUT2D eigenvalue weighted by Gasteiger charge is 1.83. The number of allylic oxidation sites excluding steroid dienone is 8. The summed E-state index contributed by atoms with van der Waals surface area (Å²) in [5.74, 6) is 0. The van der Waals surface area contributed by atoms with Crippen molar-refractivity contribution >= 4 is 0 Å². The van der Waals surface area contributed by atoms with Crippen LogP contribution in [-0.4, -0.2) is 0 Å². The van der Waals surface area contributed by atoms with E-state index in [0.29, 0.717) is 0 Å². The van der Waals surface area contributed by atoms with Crippen LogP contribution in [0.15, 0.2) is 48.6 Å². The third-order valence-electron chi connectivity index (χ3n) is 2.11. The van der Waals surface area contributed by atoms with Crippen LogP contribution >= 0.6 is 0 Å². The minimum Gasteiger partial charge on any atom is -0.0882 e. The lowest BCUT2D eigenvalue weighted by Crippen LogP contribution is -1.73. The molecular weight excluding hydrogens is 168 g/mol. The van der Waals surface area contributed by atoms with Crippen molar-refractivity contribution in [3.63, 3.8) is 0 Å². The lowest BCUT2D eigenvalue weighted by molar-refractivity contribution is 0.841. The maximum atomic E-state index is 2.28. The molecule has 0 amide bonds. The van der Waals surface area contributed by atoms with Crippen molar-refractivity contribution in [1.29, 1.82) is 0 Å². The minimum absolute atomic E-state index is 1.04. The summed E-state index contributed by atoms with van der Waals surface area (Å²) in [6.07, 6.45) is 25.5. The first-order valence-corrected chi connectivity index (χ1v) is 5.45. The highest BCUT2D eigenvalue weighted by Crippen LogP contribution is 2.02. The topological polar surface area (TPSA) is 0 Å². The normalized spacial score (nSPS) is 19.4. The molecule has 1 aliphatic carbocycles. The molecule has 0 aromatic rings. The van der Waals surface area contributed by atoms with Gasteiger partial charge in [0.15, 0.2) is 0 Å². The van der Waals surface area contributed by atoms with Gasteiger partial charge in [0.05, 0.1) is 0 Å². The Morgan fingerprint density at radius 2 is 1.36 bits per heavy atom. The summed E-state index contributed by atoms with van der Waals surface area (Å²) in [5, 5.41) is 0. The average molecular weight is 187 g/mol. The van der Waals surface area contributed by atoms with Crippen LogP contribution in [0.3, 0.4) is 0 Å². The van der Waals surface area contributed by atoms with E-state index >= 15 is 0 Å². The van der Waals surface area contributed by atoms with E-state index in [1.807, 2.05) is 0 Å². The molecule has 0 aliphatic heterocycles. The fraction of sp³-hybridized carbons (Fsp3) is 0.357. The zero-order chi connectivity index (χ0) is 9.90. The first-order valence-electron chi connectivity index (χ1n) is 5.45. The van der Waals surface area contributed by atoms with Crippen LogP contribution < -0.4 is 0 Å². The van der Waals surface area contributed by atoms with Crippen LogP contribution in [0.25, 0.3) is 0 Å². The minimum atomic E-state index is 1.04. The van der Waals surface area contributed by atoms with Crippen molar-refractivity contribution in [1.82, 2.24) is 0 Å². The van der Waals surface area contributed by atoms with Gasteiger partial charge in [-0.2, -0.15) is 0 Å². The van der Waals surface area contributed by atoms with Gasteiger partial charge >= 0.3 is 0 Å². The molecular formula is C14H19. The Hall–Kier alpha value is -1.04. The lowest BCUT2D eigenvalue weighted by atomic mass is 10.1. The summed E-state index contributed by atoms with van der Waals surface area (Å²) in [7, 11) is 0. The lowest BCUT2D eigenvalue weighted by Gasteiger charge is -1.92. The van der Waals surface area contributed by atoms with Crippen LogP contribution in [0, 0.1) is 6.42 Å². The SMILES string of the molecule is [CH]1C=CC=CCC=CCC=CCCC1. The zero-order valence-corrected chi connectivity index (χ0v) is 8.73. The van der Waals surface area contributed by atoms with Crippen LogP contribution in [0.2, 0.25) is 0 Å². The third kappa shape index (κ3) is 6.47. The molecule has 0 heterocycles. The van der Waals surface area contributed by atoms with Crippen molar-refractivity contribution in [2.75, 3.05) is 0 Å². The predicted octanol–water partition coefficient (Wildman–Crippen LogP) is 4.38. The zero-order valence-electron chi connectivity index (χ0n) is 8.73. The molecule has 75 valence electrons. The van der Waals surface area contributed by atoms with Gasteiger partial charge in [0.25, 0.3) is 0 Å². The molecule has 0 spiro atoms. The van der Waals surface area contributed by atoms with Gasteiger partial charge in [-0.15, -0.1) is 0 Å². The van der Waals surface area contributed by atoms with E-state index in [1.54, 1.807) is 0 Å². The molecule has 0 heteroatoms. The fourth-order valence-electron chi connectivity index (χ4n) is 1.31. The summed E-state index contributed by atoms with van der Waals surface area (Å²) < 4.78 is 0. The monoisotopic (exact) mass is 187 g/mol. The van der Waals surface area contributed by atoms with Gasteiger partial charge in [-0.3, -0.25) is 0 Å². The van der Waals surface area contributed by atoms with Gasteiger partial charge in [-0.25, -0.2) is 0 Å². The molecule has 0 aromatic heterocycles. The first kappa shape index (κ1) is 11.0. The van der Waals surface area contributed by atoms with Crippen molar-refractivity contribution in [3.05, 3.63) is 55.0 Å². The highest BCUT2D eigenvalue weighted by atomic mass is 13.9. The molecule has 0 unspecified atom stereocenters. The Morgan fingerprint density at radius 3 is 2.29 bits per heavy atom. The maximum Gasteiger partial charge on any atom is -0.0166 e. The van der Waals surface area contributed by atoms with Crippen LogP contribution in [0.1, 0.15) is 32.1 Å². The predicted molar refractivity (Wildman–Crippen MR) is 63.9 cm³/mol. The van der Waals surface area contributed by atoms with Crippen LogP contribution in [-0.2, 0) is 0 Å². The smallest absolute Gasteiger partial charge is 0.0166 e. The van der Waals surface area contributed by atoms with Gasteiger partial charge in [0.2, 0.25) is 0 Å². The first-order chi connectivity index (χ1) is 7.00. The molecule has 0 saturated heterocycles. The standard InChI is InChI=1S/C14H19/c1-2-4-6-8-10-12-14-13-11-9-7-5-3-1/h1-5,8,10,13-14H,6-7,9,11-12H2. The molecule has 0 saturated carbocycles. The fourth-order valence-corrected chi connectivity index (χ4v) is 1.31. The van der Waals surface area contributed by atoms with Crippen molar-refractivity contribution in [3.8, 4) is 0 Å². The van der Waals surface area contributed by atoms with Gasteiger partial charge < -0.3 is 0 Å². The van der Waals surface area contributed by atoms with E-state index in [1.165, 1.54) is 19.3 Å². The number of hydrogen-bond donors (Lipinski definition) is 0. The molecule has 14 heavy (non-hydrogen) atoms. The van der Waals surface area contributed by atoms with Crippen molar-refractivity contribution in [2.45, 2.75) is 32.1 Å². The second-order valence-electron chi connectivity index (χ2n) is 3.39. The number of hydrogen-bond acceptors (Lipinski definition) is 0. The van der Waals surface area contributed by atoms with Gasteiger partial charge in [0.1, 0.15) is 0 Å². The van der Waals surface area contributed by atoms with E-state index in [0.717, 1.165) is 12.8 Å². The molecule has 0 fully saturated rings. The largest absolute Gasteiger partial charge is 0.0882 e. The van der Waals surface area contributed by atoms with Gasteiger partial charge in [0, 0.05) is 0 Å². The number of rotatable bonds is 0. The quantitative estimate of drug-likeness (QED) is 0.494. The maximum absolute atomic E-state index is 2.28. The van der Waals surface area contributed by atoms with Crippen molar-refractivity contribution in [2.24, 2.45) is 0 Å². The van der Waals surface area contributed by atoms with Gasteiger partial charge in [-0.05, 0) is 38.5 Å². The van der Waals surface area contributed by atoms with Crippen LogP contribution in [0.4, 0.5) is 0 Å². The second kappa shape index (κ2) is 8.55. The second-order valence-corrected chi connectivity index (χ2v) is 3.39. The molecule has 0 atom stereocenters. The van der Waals surface area contributed by atoms with E-state index in [9.17, 15) is 0 Å². The Labute approximate surface area is 87.7 Å². The van der Waals surface area contributed by atoms with E-state index < -0.39 is 0 Å². The molecule has 1 radical (unpaired) electrons. The summed E-state index contributed by atoms with van der Waals surface area (Å²) in [5.41, 5.74) is 0. The van der Waals surface area contributed by atoms with Crippen molar-refractivity contribution < 1.29 is 0 Å². The molecule has 0 aromatic carbocycles. The molecule has 0 bridgehead atoms.